The van der Waals surface area contributed by atoms with Crippen LogP contribution in [0, 0.1) is 0 Å². The van der Waals surface area contributed by atoms with Gasteiger partial charge in [-0.2, -0.15) is 0 Å². The first-order valence-electron chi connectivity index (χ1n) is 3.58. The van der Waals surface area contributed by atoms with Gasteiger partial charge < -0.3 is 10.8 Å². The Hall–Kier alpha value is -0.620. The Balaban J connectivity index is 4.16. The molecular weight excluding hydrogens is 182 g/mol. The summed E-state index contributed by atoms with van der Waals surface area (Å²) in [4.78, 5) is 10.2. The largest absolute Gasteiger partial charge is 0.480 e. The summed E-state index contributed by atoms with van der Waals surface area (Å²) in [7, 11) is -3.28. The second-order valence-electron chi connectivity index (χ2n) is 2.56. The number of sulfone groups is 1. The molecule has 3 N–H and O–H groups in total. The van der Waals surface area contributed by atoms with E-state index in [1.165, 1.54) is 0 Å². The Morgan fingerprint density at radius 1 is 1.58 bits per heavy atom. The molecule has 6 heteroatoms. The van der Waals surface area contributed by atoms with Crippen molar-refractivity contribution in [2.24, 2.45) is 5.73 Å². The molecule has 0 radical (unpaired) electrons. The number of nitrogens with two attached hydrogens (primary N) is 1. The second-order valence-corrected chi connectivity index (χ2v) is 4.79. The summed E-state index contributed by atoms with van der Waals surface area (Å²) in [5, 5.41) is 8.32. The molecule has 0 bridgehead atoms. The summed E-state index contributed by atoms with van der Waals surface area (Å²) in [6, 6.07) is -1.30. The fraction of sp³-hybridized carbons (Fsp3) is 0.833. The molecule has 72 valence electrons. The molecule has 0 saturated carbocycles. The molecule has 0 heterocycles. The van der Waals surface area contributed by atoms with Gasteiger partial charge in [-0.1, -0.05) is 6.92 Å². The summed E-state index contributed by atoms with van der Waals surface area (Å²) in [6.45, 7) is 1.71. The Morgan fingerprint density at radius 3 is 2.42 bits per heavy atom. The fourth-order valence-corrected chi connectivity index (χ4v) is 2.22. The number of hydrogen-bond donors (Lipinski definition) is 2. The minimum Gasteiger partial charge on any atom is -0.480 e. The summed E-state index contributed by atoms with van der Waals surface area (Å²) < 4.78 is 22.0. The molecule has 0 fully saturated rings. The highest BCUT2D eigenvalue weighted by atomic mass is 32.2. The number of rotatable bonds is 5. The monoisotopic (exact) mass is 195 g/mol. The lowest BCUT2D eigenvalue weighted by atomic mass is 10.4. The van der Waals surface area contributed by atoms with E-state index in [4.69, 9.17) is 10.8 Å². The van der Waals surface area contributed by atoms with Gasteiger partial charge in [0.1, 0.15) is 6.04 Å². The van der Waals surface area contributed by atoms with E-state index in [9.17, 15) is 13.2 Å². The summed E-state index contributed by atoms with van der Waals surface area (Å²) in [5.41, 5.74) is 5.05. The molecule has 0 aromatic rings. The zero-order valence-electron chi connectivity index (χ0n) is 6.86. The van der Waals surface area contributed by atoms with Crippen LogP contribution in [0.3, 0.4) is 0 Å². The fourth-order valence-electron chi connectivity index (χ4n) is 0.739. The first kappa shape index (κ1) is 11.4. The van der Waals surface area contributed by atoms with Gasteiger partial charge in [0.25, 0.3) is 0 Å². The minimum absolute atomic E-state index is 0.00597. The van der Waals surface area contributed by atoms with Crippen molar-refractivity contribution in [3.8, 4) is 0 Å². The highest BCUT2D eigenvalue weighted by Gasteiger charge is 2.20. The Kier molecular flexibility index (Phi) is 4.19. The summed E-state index contributed by atoms with van der Waals surface area (Å²) >= 11 is 0. The van der Waals surface area contributed by atoms with Crippen molar-refractivity contribution in [3.63, 3.8) is 0 Å². The van der Waals surface area contributed by atoms with E-state index < -0.39 is 27.6 Å². The van der Waals surface area contributed by atoms with Gasteiger partial charge in [0, 0.05) is 5.75 Å². The zero-order valence-corrected chi connectivity index (χ0v) is 7.67. The van der Waals surface area contributed by atoms with Gasteiger partial charge in [-0.15, -0.1) is 0 Å². The molecule has 0 amide bonds. The normalized spacial score (nSPS) is 14.2. The number of carbonyl (C=O) groups is 1. The minimum atomic E-state index is -3.28. The van der Waals surface area contributed by atoms with Crippen molar-refractivity contribution in [2.45, 2.75) is 19.4 Å². The topological polar surface area (TPSA) is 97.5 Å². The standard InChI is InChI=1S/C6H13NO4S/c1-2-3-12(10,11)4-5(7)6(8)9/h5H,2-4,7H2,1H3,(H,8,9). The predicted octanol–water partition coefficient (Wildman–Crippen LogP) is -0.777. The van der Waals surface area contributed by atoms with Crippen molar-refractivity contribution < 1.29 is 18.3 Å². The van der Waals surface area contributed by atoms with Crippen LogP contribution < -0.4 is 5.73 Å². The molecule has 0 aliphatic rings. The molecule has 0 aliphatic heterocycles. The molecule has 1 atom stereocenters. The Labute approximate surface area is 71.5 Å². The van der Waals surface area contributed by atoms with Crippen LogP contribution >= 0.6 is 0 Å². The van der Waals surface area contributed by atoms with Crippen LogP contribution in [0.25, 0.3) is 0 Å². The molecule has 0 aromatic heterocycles. The van der Waals surface area contributed by atoms with Gasteiger partial charge in [-0.25, -0.2) is 8.42 Å². The van der Waals surface area contributed by atoms with Crippen LogP contribution in [-0.4, -0.2) is 37.0 Å². The second kappa shape index (κ2) is 4.42. The lowest BCUT2D eigenvalue weighted by Crippen LogP contribution is -2.37. The molecule has 1 unspecified atom stereocenters. The van der Waals surface area contributed by atoms with E-state index in [1.807, 2.05) is 0 Å². The molecule has 5 nitrogen and oxygen atoms in total. The van der Waals surface area contributed by atoms with Crippen LogP contribution in [0.4, 0.5) is 0 Å². The molecule has 0 rings (SSSR count). The van der Waals surface area contributed by atoms with Gasteiger partial charge in [-0.05, 0) is 6.42 Å². The molecule has 0 aliphatic carbocycles. The average Bonchev–Trinajstić information content (AvgIpc) is 1.85. The van der Waals surface area contributed by atoms with Crippen molar-refractivity contribution >= 4 is 15.8 Å². The highest BCUT2D eigenvalue weighted by Crippen LogP contribution is 1.95. The maximum atomic E-state index is 11.0. The van der Waals surface area contributed by atoms with Crippen molar-refractivity contribution in [2.75, 3.05) is 11.5 Å². The Morgan fingerprint density at radius 2 is 2.08 bits per heavy atom. The van der Waals surface area contributed by atoms with E-state index >= 15 is 0 Å². The highest BCUT2D eigenvalue weighted by molar-refractivity contribution is 7.91. The lowest BCUT2D eigenvalue weighted by molar-refractivity contribution is -0.137. The van der Waals surface area contributed by atoms with Crippen LogP contribution in [0.2, 0.25) is 0 Å². The molecule has 0 aromatic carbocycles. The summed E-state index contributed by atoms with van der Waals surface area (Å²) in [5.74, 6) is -1.76. The number of carboxylic acid groups (broad SMARTS) is 1. The zero-order chi connectivity index (χ0) is 9.78. The number of aliphatic carboxylic acids is 1. The van der Waals surface area contributed by atoms with Gasteiger partial charge in [0.15, 0.2) is 9.84 Å². The van der Waals surface area contributed by atoms with Gasteiger partial charge in [-0.3, -0.25) is 4.79 Å². The SMILES string of the molecule is CCCS(=O)(=O)CC(N)C(=O)O. The Bertz CT molecular complexity index is 246. The van der Waals surface area contributed by atoms with E-state index in [1.54, 1.807) is 6.92 Å². The first-order chi connectivity index (χ1) is 5.39. The molecular formula is C6H13NO4S. The third kappa shape index (κ3) is 4.30. The average molecular weight is 195 g/mol. The smallest absolute Gasteiger partial charge is 0.321 e. The van der Waals surface area contributed by atoms with E-state index in [-0.39, 0.29) is 5.75 Å². The summed E-state index contributed by atoms with van der Waals surface area (Å²) in [6.07, 6.45) is 0.481. The third-order valence-corrected chi connectivity index (χ3v) is 3.16. The molecule has 0 spiro atoms. The van der Waals surface area contributed by atoms with Gasteiger partial charge >= 0.3 is 5.97 Å². The van der Waals surface area contributed by atoms with Crippen molar-refractivity contribution in [1.29, 1.82) is 0 Å². The van der Waals surface area contributed by atoms with Crippen molar-refractivity contribution in [3.05, 3.63) is 0 Å². The quantitative estimate of drug-likeness (QED) is 0.600. The van der Waals surface area contributed by atoms with Crippen LogP contribution in [0.1, 0.15) is 13.3 Å². The maximum absolute atomic E-state index is 11.0. The molecule has 0 saturated heterocycles. The van der Waals surface area contributed by atoms with Crippen LogP contribution in [0.15, 0.2) is 0 Å². The van der Waals surface area contributed by atoms with Gasteiger partial charge in [0.05, 0.1) is 5.75 Å². The third-order valence-electron chi connectivity index (χ3n) is 1.27. The van der Waals surface area contributed by atoms with Crippen LogP contribution in [-0.2, 0) is 14.6 Å². The van der Waals surface area contributed by atoms with Gasteiger partial charge in [0.2, 0.25) is 0 Å². The number of hydrogen-bond acceptors (Lipinski definition) is 4. The van der Waals surface area contributed by atoms with Crippen molar-refractivity contribution in [1.82, 2.24) is 0 Å². The predicted molar refractivity (Wildman–Crippen MR) is 44.6 cm³/mol. The first-order valence-corrected chi connectivity index (χ1v) is 5.40. The van der Waals surface area contributed by atoms with Crippen LogP contribution in [0.5, 0.6) is 0 Å². The number of carboxylic acids is 1. The maximum Gasteiger partial charge on any atom is 0.321 e. The lowest BCUT2D eigenvalue weighted by Gasteiger charge is -2.05. The van der Waals surface area contributed by atoms with E-state index in [2.05, 4.69) is 0 Å². The van der Waals surface area contributed by atoms with E-state index in [0.717, 1.165) is 0 Å². The molecule has 12 heavy (non-hydrogen) atoms. The van der Waals surface area contributed by atoms with E-state index in [0.29, 0.717) is 6.42 Å².